The molecule has 0 spiro atoms. The molecule has 1 saturated heterocycles. The molecule has 2 rings (SSSR count). The van der Waals surface area contributed by atoms with Crippen LogP contribution in [0.2, 0.25) is 0 Å². The minimum Gasteiger partial charge on any atom is -0.376 e. The van der Waals surface area contributed by atoms with Crippen LogP contribution in [0, 0.1) is 0 Å². The maximum Gasteiger partial charge on any atom is 0.255 e. The molecule has 1 aromatic rings. The van der Waals surface area contributed by atoms with Crippen LogP contribution in [0.4, 0.5) is 5.69 Å². The highest BCUT2D eigenvalue weighted by Crippen LogP contribution is 2.12. The van der Waals surface area contributed by atoms with Crippen molar-refractivity contribution >= 4 is 11.6 Å². The Kier molecular flexibility index (Phi) is 4.69. The molecular formula is C13H18N2O3. The van der Waals surface area contributed by atoms with E-state index in [0.29, 0.717) is 19.8 Å². The molecule has 5 heteroatoms. The van der Waals surface area contributed by atoms with E-state index in [4.69, 9.17) is 9.47 Å². The second-order valence-electron chi connectivity index (χ2n) is 4.15. The van der Waals surface area contributed by atoms with Crippen molar-refractivity contribution < 1.29 is 14.3 Å². The fourth-order valence-corrected chi connectivity index (χ4v) is 1.83. The predicted octanol–water partition coefficient (Wildman–Crippen LogP) is 0.760. The first kappa shape index (κ1) is 13.0. The summed E-state index contributed by atoms with van der Waals surface area (Å²) in [5.74, 6) is -0.156. The molecule has 1 atom stereocenters. The Morgan fingerprint density at radius 1 is 1.44 bits per heavy atom. The van der Waals surface area contributed by atoms with E-state index in [-0.39, 0.29) is 5.91 Å². The van der Waals surface area contributed by atoms with Crippen molar-refractivity contribution in [3.8, 4) is 0 Å². The number of nitrogens with one attached hydrogen (secondary N) is 2. The molecule has 1 unspecified atom stereocenters. The minimum atomic E-state index is -0.508. The number of rotatable bonds is 4. The van der Waals surface area contributed by atoms with Gasteiger partial charge in [0.05, 0.1) is 19.8 Å². The maximum absolute atomic E-state index is 11.9. The van der Waals surface area contributed by atoms with E-state index in [2.05, 4.69) is 10.6 Å². The molecule has 2 N–H and O–H groups in total. The first-order valence-corrected chi connectivity index (χ1v) is 6.03. The van der Waals surface area contributed by atoms with Gasteiger partial charge < -0.3 is 20.1 Å². The molecule has 5 nitrogen and oxygen atoms in total. The van der Waals surface area contributed by atoms with Crippen molar-refractivity contribution in [1.82, 2.24) is 5.32 Å². The highest BCUT2D eigenvalue weighted by atomic mass is 16.6. The van der Waals surface area contributed by atoms with Crippen molar-refractivity contribution in [3.05, 3.63) is 29.8 Å². The van der Waals surface area contributed by atoms with Crippen LogP contribution < -0.4 is 10.6 Å². The van der Waals surface area contributed by atoms with Gasteiger partial charge in [0.15, 0.2) is 6.10 Å². The summed E-state index contributed by atoms with van der Waals surface area (Å²) in [7, 11) is 1.89. The summed E-state index contributed by atoms with van der Waals surface area (Å²) < 4.78 is 10.5. The van der Waals surface area contributed by atoms with Crippen molar-refractivity contribution in [2.24, 2.45) is 0 Å². The summed E-state index contributed by atoms with van der Waals surface area (Å²) in [6, 6.07) is 7.73. The van der Waals surface area contributed by atoms with Gasteiger partial charge in [-0.3, -0.25) is 4.79 Å². The van der Waals surface area contributed by atoms with Crippen molar-refractivity contribution in [2.75, 3.05) is 32.2 Å². The number of hydrogen-bond acceptors (Lipinski definition) is 4. The van der Waals surface area contributed by atoms with Crippen LogP contribution in [-0.4, -0.2) is 38.9 Å². The molecule has 1 amide bonds. The van der Waals surface area contributed by atoms with Gasteiger partial charge in [0, 0.05) is 12.2 Å². The monoisotopic (exact) mass is 250 g/mol. The third-order valence-corrected chi connectivity index (χ3v) is 2.68. The number of benzene rings is 1. The van der Waals surface area contributed by atoms with Crippen molar-refractivity contribution in [3.63, 3.8) is 0 Å². The smallest absolute Gasteiger partial charge is 0.255 e. The third kappa shape index (κ3) is 3.53. The van der Waals surface area contributed by atoms with Crippen LogP contribution >= 0.6 is 0 Å². The van der Waals surface area contributed by atoms with Crippen LogP contribution in [0.15, 0.2) is 24.3 Å². The Bertz CT molecular complexity index is 403. The number of anilines is 1. The Hall–Kier alpha value is -1.43. The van der Waals surface area contributed by atoms with E-state index in [9.17, 15) is 4.79 Å². The second-order valence-corrected chi connectivity index (χ2v) is 4.15. The Morgan fingerprint density at radius 3 is 3.06 bits per heavy atom. The number of amides is 1. The zero-order valence-corrected chi connectivity index (χ0v) is 10.4. The van der Waals surface area contributed by atoms with Crippen LogP contribution in [0.3, 0.4) is 0 Å². The fourth-order valence-electron chi connectivity index (χ4n) is 1.83. The van der Waals surface area contributed by atoms with Gasteiger partial charge in [0.1, 0.15) is 0 Å². The molecule has 18 heavy (non-hydrogen) atoms. The maximum atomic E-state index is 11.9. The van der Waals surface area contributed by atoms with E-state index < -0.39 is 6.10 Å². The van der Waals surface area contributed by atoms with E-state index in [0.717, 1.165) is 17.8 Å². The summed E-state index contributed by atoms with van der Waals surface area (Å²) in [4.78, 5) is 11.9. The van der Waals surface area contributed by atoms with Gasteiger partial charge >= 0.3 is 0 Å². The topological polar surface area (TPSA) is 59.6 Å². The molecule has 1 aliphatic heterocycles. The van der Waals surface area contributed by atoms with E-state index in [1.165, 1.54) is 0 Å². The van der Waals surface area contributed by atoms with Gasteiger partial charge in [0.2, 0.25) is 0 Å². The summed E-state index contributed by atoms with van der Waals surface area (Å²) in [5, 5.41) is 5.91. The SMILES string of the molecule is CNCc1cccc(NC(=O)C2COCCO2)c1. The zero-order chi connectivity index (χ0) is 12.8. The number of ether oxygens (including phenoxy) is 2. The summed E-state index contributed by atoms with van der Waals surface area (Å²) in [5.41, 5.74) is 1.90. The fraction of sp³-hybridized carbons (Fsp3) is 0.462. The van der Waals surface area contributed by atoms with Gasteiger partial charge in [-0.25, -0.2) is 0 Å². The lowest BCUT2D eigenvalue weighted by molar-refractivity contribution is -0.142. The first-order chi connectivity index (χ1) is 8.79. The third-order valence-electron chi connectivity index (χ3n) is 2.68. The molecule has 1 fully saturated rings. The highest BCUT2D eigenvalue weighted by molar-refractivity contribution is 5.94. The van der Waals surface area contributed by atoms with Crippen molar-refractivity contribution in [1.29, 1.82) is 0 Å². The molecule has 1 aliphatic rings. The predicted molar refractivity (Wildman–Crippen MR) is 68.4 cm³/mol. The van der Waals surface area contributed by atoms with Gasteiger partial charge in [-0.2, -0.15) is 0 Å². The van der Waals surface area contributed by atoms with Crippen LogP contribution in [0.1, 0.15) is 5.56 Å². The Balaban J connectivity index is 1.95. The quantitative estimate of drug-likeness (QED) is 0.828. The molecule has 1 heterocycles. The molecule has 98 valence electrons. The van der Waals surface area contributed by atoms with Crippen LogP contribution in [0.5, 0.6) is 0 Å². The van der Waals surface area contributed by atoms with Gasteiger partial charge in [0.25, 0.3) is 5.91 Å². The van der Waals surface area contributed by atoms with E-state index in [1.807, 2.05) is 31.3 Å². The summed E-state index contributed by atoms with van der Waals surface area (Å²) in [6.07, 6.45) is -0.508. The van der Waals surface area contributed by atoms with Gasteiger partial charge in [-0.15, -0.1) is 0 Å². The standard InChI is InChI=1S/C13H18N2O3/c1-14-8-10-3-2-4-11(7-10)15-13(16)12-9-17-5-6-18-12/h2-4,7,12,14H,5-6,8-9H2,1H3,(H,15,16). The van der Waals surface area contributed by atoms with Crippen LogP contribution in [0.25, 0.3) is 0 Å². The summed E-state index contributed by atoms with van der Waals surface area (Å²) in [6.45, 7) is 2.12. The zero-order valence-electron chi connectivity index (χ0n) is 10.4. The number of hydrogen-bond donors (Lipinski definition) is 2. The summed E-state index contributed by atoms with van der Waals surface area (Å²) >= 11 is 0. The Morgan fingerprint density at radius 2 is 2.33 bits per heavy atom. The molecule has 0 bridgehead atoms. The minimum absolute atomic E-state index is 0.156. The van der Waals surface area contributed by atoms with Gasteiger partial charge in [-0.1, -0.05) is 12.1 Å². The highest BCUT2D eigenvalue weighted by Gasteiger charge is 2.22. The molecule has 0 aliphatic carbocycles. The molecule has 0 radical (unpaired) electrons. The molecule has 0 aromatic heterocycles. The lowest BCUT2D eigenvalue weighted by Crippen LogP contribution is -2.39. The average Bonchev–Trinajstić information content (AvgIpc) is 2.40. The second kappa shape index (κ2) is 6.49. The molecular weight excluding hydrogens is 232 g/mol. The van der Waals surface area contributed by atoms with Crippen molar-refractivity contribution in [2.45, 2.75) is 12.6 Å². The average molecular weight is 250 g/mol. The largest absolute Gasteiger partial charge is 0.376 e. The van der Waals surface area contributed by atoms with Gasteiger partial charge in [-0.05, 0) is 24.7 Å². The molecule has 1 aromatic carbocycles. The number of carbonyl (C=O) groups is 1. The normalized spacial score (nSPS) is 19.5. The van der Waals surface area contributed by atoms with E-state index in [1.54, 1.807) is 0 Å². The lowest BCUT2D eigenvalue weighted by atomic mass is 10.2. The molecule has 0 saturated carbocycles. The number of carbonyl (C=O) groups excluding carboxylic acids is 1. The Labute approximate surface area is 106 Å². The van der Waals surface area contributed by atoms with E-state index >= 15 is 0 Å². The first-order valence-electron chi connectivity index (χ1n) is 6.03. The van der Waals surface area contributed by atoms with Crippen LogP contribution in [-0.2, 0) is 20.8 Å². The lowest BCUT2D eigenvalue weighted by Gasteiger charge is -2.22.